The molecule has 2 aliphatic heterocycles. The Hall–Kier alpha value is -2.98. The van der Waals surface area contributed by atoms with E-state index in [9.17, 15) is 4.79 Å². The zero-order valence-electron chi connectivity index (χ0n) is 22.7. The second-order valence-electron chi connectivity index (χ2n) is 11.1. The molecule has 2 saturated heterocycles. The minimum atomic E-state index is -1.10. The van der Waals surface area contributed by atoms with Gasteiger partial charge in [0.25, 0.3) is 0 Å². The Kier molecular flexibility index (Phi) is 8.23. The smallest absolute Gasteiger partial charge is 0.415 e. The van der Waals surface area contributed by atoms with Gasteiger partial charge < -0.3 is 18.8 Å². The summed E-state index contributed by atoms with van der Waals surface area (Å²) in [5, 5.41) is 0.268. The van der Waals surface area contributed by atoms with Gasteiger partial charge in [-0.05, 0) is 16.2 Å². The highest BCUT2D eigenvalue weighted by atomic mass is 35.5. The minimum Gasteiger partial charge on any atom is -0.449 e. The van der Waals surface area contributed by atoms with Gasteiger partial charge in [-0.1, -0.05) is 93.0 Å². The number of aromatic nitrogens is 2. The van der Waals surface area contributed by atoms with Crippen molar-refractivity contribution in [2.24, 2.45) is 0 Å². The summed E-state index contributed by atoms with van der Waals surface area (Å²) in [7, 11) is -1.10. The van der Waals surface area contributed by atoms with Crippen LogP contribution in [0, 0.1) is 0 Å². The summed E-state index contributed by atoms with van der Waals surface area (Å²) in [5.41, 5.74) is 1.01. The van der Waals surface area contributed by atoms with Crippen LogP contribution in [0.2, 0.25) is 10.2 Å². The molecule has 3 aromatic rings. The largest absolute Gasteiger partial charge is 0.449 e. The van der Waals surface area contributed by atoms with E-state index in [-0.39, 0.29) is 16.8 Å². The number of rotatable bonds is 7. The predicted octanol–water partition coefficient (Wildman–Crippen LogP) is 4.94. The lowest BCUT2D eigenvalue weighted by Gasteiger charge is -2.48. The predicted molar refractivity (Wildman–Crippen MR) is 155 cm³/mol. The fraction of sp³-hybridized carbons (Fsp3) is 0.414. The van der Waals surface area contributed by atoms with Crippen LogP contribution in [0.5, 0.6) is 0 Å². The number of carbonyl (C=O) groups excluding carboxylic acids is 1. The van der Waals surface area contributed by atoms with Crippen LogP contribution in [0.25, 0.3) is 0 Å². The summed E-state index contributed by atoms with van der Waals surface area (Å²) in [5.74, 6) is 0.858. The number of hydrogen-bond acceptors (Lipinski definition) is 7. The Bertz CT molecular complexity index is 1230. The first-order valence-corrected chi connectivity index (χ1v) is 15.0. The Morgan fingerprint density at radius 3 is 2.15 bits per heavy atom. The molecule has 0 aliphatic carbocycles. The van der Waals surface area contributed by atoms with Crippen molar-refractivity contribution < 1.29 is 18.7 Å². The molecule has 1 aromatic heterocycles. The van der Waals surface area contributed by atoms with Gasteiger partial charge in [0.05, 0.1) is 25.9 Å². The minimum absolute atomic E-state index is 0.0105. The number of ether oxygens (including phenoxy) is 2. The summed E-state index contributed by atoms with van der Waals surface area (Å²) < 4.78 is 18.3. The second kappa shape index (κ2) is 11.6. The number of amides is 1. The lowest BCUT2D eigenvalue weighted by Crippen LogP contribution is -2.59. The topological polar surface area (TPSA) is 77.0 Å². The Morgan fingerprint density at radius 2 is 1.56 bits per heavy atom. The van der Waals surface area contributed by atoms with E-state index in [4.69, 9.17) is 30.5 Å². The Labute approximate surface area is 237 Å². The maximum absolute atomic E-state index is 13.6. The lowest BCUT2D eigenvalue weighted by atomic mass is 9.78. The molecule has 1 atom stereocenters. The molecular formula is C29H35ClN4O4Si. The van der Waals surface area contributed by atoms with Gasteiger partial charge in [0, 0.05) is 25.6 Å². The maximum Gasteiger partial charge on any atom is 0.415 e. The van der Waals surface area contributed by atoms with Crippen LogP contribution in [-0.2, 0) is 19.5 Å². The molecule has 2 fully saturated rings. The van der Waals surface area contributed by atoms with Crippen LogP contribution >= 0.6 is 11.6 Å². The Balaban J connectivity index is 1.69. The van der Waals surface area contributed by atoms with Crippen molar-refractivity contribution in [2.45, 2.75) is 43.9 Å². The summed E-state index contributed by atoms with van der Waals surface area (Å²) in [6.07, 6.45) is 0.0639. The van der Waals surface area contributed by atoms with E-state index in [0.717, 1.165) is 11.1 Å². The van der Waals surface area contributed by atoms with E-state index in [0.29, 0.717) is 44.5 Å². The zero-order valence-corrected chi connectivity index (χ0v) is 24.8. The van der Waals surface area contributed by atoms with Crippen LogP contribution in [0.4, 0.5) is 16.6 Å². The van der Waals surface area contributed by atoms with Crippen molar-refractivity contribution >= 4 is 39.2 Å². The lowest BCUT2D eigenvalue weighted by molar-refractivity contribution is 0.0415. The average molecular weight is 567 g/mol. The zero-order chi connectivity index (χ0) is 27.5. The van der Waals surface area contributed by atoms with E-state index < -0.39 is 27.5 Å². The molecule has 2 aliphatic rings. The van der Waals surface area contributed by atoms with Crippen LogP contribution in [-0.4, -0.2) is 64.8 Å². The first kappa shape index (κ1) is 27.6. The third-order valence-corrected chi connectivity index (χ3v) is 8.60. The quantitative estimate of drug-likeness (QED) is 0.296. The van der Waals surface area contributed by atoms with Crippen LogP contribution in [0.15, 0.2) is 66.7 Å². The third kappa shape index (κ3) is 5.96. The van der Waals surface area contributed by atoms with Gasteiger partial charge in [-0.3, -0.25) is 4.90 Å². The second-order valence-corrected chi connectivity index (χ2v) is 14.1. The molecule has 0 radical (unpaired) electrons. The highest BCUT2D eigenvalue weighted by Crippen LogP contribution is 2.45. The van der Waals surface area contributed by atoms with Gasteiger partial charge in [0.15, 0.2) is 9.76 Å². The molecule has 206 valence electrons. The number of cyclic esters (lactones) is 1. The SMILES string of the molecule is CC(C)(C)[SiH2]OC(c1ccccc1)(c1ccccc1)[C@@H]1CCOC(=O)N1c1cc(Cl)nc(N2CCOCC2)n1. The molecule has 39 heavy (non-hydrogen) atoms. The average Bonchev–Trinajstić information content (AvgIpc) is 2.94. The van der Waals surface area contributed by atoms with Crippen LogP contribution < -0.4 is 9.80 Å². The first-order valence-electron chi connectivity index (χ1n) is 13.4. The Morgan fingerprint density at radius 1 is 0.949 bits per heavy atom. The van der Waals surface area contributed by atoms with Crippen molar-refractivity contribution in [3.63, 3.8) is 0 Å². The number of hydrogen-bond donors (Lipinski definition) is 0. The summed E-state index contributed by atoms with van der Waals surface area (Å²) in [6, 6.07) is 21.5. The van der Waals surface area contributed by atoms with Gasteiger partial charge in [-0.25, -0.2) is 9.78 Å². The van der Waals surface area contributed by atoms with Gasteiger partial charge in [0.2, 0.25) is 5.95 Å². The highest BCUT2D eigenvalue weighted by Gasteiger charge is 2.51. The highest BCUT2D eigenvalue weighted by molar-refractivity contribution is 6.32. The molecular weight excluding hydrogens is 532 g/mol. The molecule has 0 saturated carbocycles. The van der Waals surface area contributed by atoms with E-state index in [1.807, 2.05) is 41.3 Å². The van der Waals surface area contributed by atoms with Crippen LogP contribution in [0.3, 0.4) is 0 Å². The standard InChI is InChI=1S/C29H35ClN4O4Si/c1-28(2,3)39-38-29(21-10-6-4-7-11-21,22-12-8-5-9-13-22)23-14-17-37-27(35)34(23)25-20-24(30)31-26(32-25)33-15-18-36-19-16-33/h4-13,20,23H,14-19,39H2,1-3H3/t23-/m0/s1. The molecule has 0 bridgehead atoms. The molecule has 0 unspecified atom stereocenters. The number of nitrogens with zero attached hydrogens (tertiary/aromatic N) is 4. The first-order chi connectivity index (χ1) is 18.8. The van der Waals surface area contributed by atoms with Gasteiger partial charge >= 0.3 is 6.09 Å². The summed E-state index contributed by atoms with van der Waals surface area (Å²) in [4.78, 5) is 26.6. The molecule has 1 amide bonds. The molecule has 2 aromatic carbocycles. The maximum atomic E-state index is 13.6. The van der Waals surface area contributed by atoms with E-state index in [1.54, 1.807) is 11.0 Å². The number of carbonyl (C=O) groups is 1. The molecule has 3 heterocycles. The van der Waals surface area contributed by atoms with Crippen molar-refractivity contribution in [3.8, 4) is 0 Å². The number of anilines is 2. The molecule has 5 rings (SSSR count). The van der Waals surface area contributed by atoms with Gasteiger partial charge in [0.1, 0.15) is 16.6 Å². The van der Waals surface area contributed by atoms with Crippen molar-refractivity contribution in [1.29, 1.82) is 0 Å². The fourth-order valence-electron chi connectivity index (χ4n) is 5.16. The van der Waals surface area contributed by atoms with Crippen molar-refractivity contribution in [3.05, 3.63) is 83.0 Å². The summed E-state index contributed by atoms with van der Waals surface area (Å²) >= 11 is 6.54. The normalized spacial score (nSPS) is 19.0. The van der Waals surface area contributed by atoms with Gasteiger partial charge in [-0.15, -0.1) is 0 Å². The van der Waals surface area contributed by atoms with E-state index in [2.05, 4.69) is 50.0 Å². The fourth-order valence-corrected chi connectivity index (χ4v) is 6.52. The molecule has 8 nitrogen and oxygen atoms in total. The number of morpholine rings is 1. The van der Waals surface area contributed by atoms with Gasteiger partial charge in [-0.2, -0.15) is 4.98 Å². The van der Waals surface area contributed by atoms with E-state index in [1.165, 1.54) is 0 Å². The number of benzene rings is 2. The molecule has 0 spiro atoms. The van der Waals surface area contributed by atoms with Crippen molar-refractivity contribution in [1.82, 2.24) is 9.97 Å². The van der Waals surface area contributed by atoms with Crippen LogP contribution in [0.1, 0.15) is 38.3 Å². The third-order valence-electron chi connectivity index (χ3n) is 6.94. The molecule has 0 N–H and O–H groups in total. The monoisotopic (exact) mass is 566 g/mol. The summed E-state index contributed by atoms with van der Waals surface area (Å²) in [6.45, 7) is 9.32. The number of halogens is 1. The van der Waals surface area contributed by atoms with E-state index >= 15 is 0 Å². The molecule has 10 heteroatoms. The van der Waals surface area contributed by atoms with Crippen molar-refractivity contribution in [2.75, 3.05) is 42.7 Å².